The number of nitrogens with one attached hydrogen (secondary N) is 1. The molecule has 2 N–H and O–H groups in total. The van der Waals surface area contributed by atoms with E-state index in [0.717, 1.165) is 56.8 Å². The minimum atomic E-state index is -0.909. The lowest BCUT2D eigenvalue weighted by atomic mass is 9.94. The molecule has 1 unspecified atom stereocenters. The summed E-state index contributed by atoms with van der Waals surface area (Å²) in [5.74, 6) is 0.166. The van der Waals surface area contributed by atoms with Gasteiger partial charge in [-0.3, -0.25) is 4.90 Å². The first-order valence-electron chi connectivity index (χ1n) is 11.7. The third-order valence-corrected chi connectivity index (χ3v) is 6.68. The van der Waals surface area contributed by atoms with Gasteiger partial charge < -0.3 is 10.4 Å². The summed E-state index contributed by atoms with van der Waals surface area (Å²) in [6.07, 6.45) is 6.89. The summed E-state index contributed by atoms with van der Waals surface area (Å²) in [5, 5.41) is 18.0. The lowest BCUT2D eigenvalue weighted by Gasteiger charge is -2.35. The molecule has 3 heterocycles. The Bertz CT molecular complexity index is 1080. The molecule has 5 rings (SSSR count). The number of benzene rings is 2. The van der Waals surface area contributed by atoms with Gasteiger partial charge >= 0.3 is 5.97 Å². The van der Waals surface area contributed by atoms with E-state index in [-0.39, 0.29) is 0 Å². The van der Waals surface area contributed by atoms with Crippen LogP contribution >= 0.6 is 0 Å². The molecule has 0 spiro atoms. The summed E-state index contributed by atoms with van der Waals surface area (Å²) < 4.78 is 2.00. The first kappa shape index (κ1) is 20.8. The summed E-state index contributed by atoms with van der Waals surface area (Å²) in [7, 11) is 0. The summed E-state index contributed by atoms with van der Waals surface area (Å²) in [5.41, 5.74) is 5.05. The van der Waals surface area contributed by atoms with Crippen molar-refractivity contribution in [2.45, 2.75) is 51.1 Å². The van der Waals surface area contributed by atoms with Gasteiger partial charge in [0.15, 0.2) is 0 Å². The number of aromatic carboxylic acids is 1. The number of nitrogens with zero attached hydrogens (tertiary/aromatic N) is 3. The molecule has 166 valence electrons. The number of likely N-dealkylation sites (tertiary alicyclic amines) is 1. The van der Waals surface area contributed by atoms with Gasteiger partial charge in [-0.05, 0) is 68.5 Å². The second-order valence-electron chi connectivity index (χ2n) is 8.83. The summed E-state index contributed by atoms with van der Waals surface area (Å²) >= 11 is 0. The fraction of sp³-hybridized carbons (Fsp3) is 0.385. The van der Waals surface area contributed by atoms with Gasteiger partial charge in [-0.2, -0.15) is 5.10 Å². The third-order valence-electron chi connectivity index (χ3n) is 6.68. The Labute approximate surface area is 188 Å². The molecule has 1 fully saturated rings. The van der Waals surface area contributed by atoms with Crippen molar-refractivity contribution in [3.8, 4) is 5.69 Å². The quantitative estimate of drug-likeness (QED) is 0.593. The van der Waals surface area contributed by atoms with Crippen molar-refractivity contribution in [2.24, 2.45) is 0 Å². The Morgan fingerprint density at radius 3 is 2.62 bits per heavy atom. The van der Waals surface area contributed by atoms with Crippen LogP contribution in [0.15, 0.2) is 54.6 Å². The number of carboxylic acid groups (broad SMARTS) is 1. The fourth-order valence-electron chi connectivity index (χ4n) is 5.04. The number of carbonyl (C=O) groups is 1. The zero-order chi connectivity index (χ0) is 21.9. The Balaban J connectivity index is 1.53. The number of aromatic nitrogens is 2. The standard InChI is InChI=1S/C26H30N4O2/c31-26(32)20-12-14-21(15-13-20)30-25-22(10-4-6-16-27-25)24(28-30)23-11-5-7-17-29(23)18-19-8-2-1-3-9-19/h1-3,8-9,12-15,23,27H,4-7,10-11,16-18H2,(H,31,32). The normalized spacial score (nSPS) is 19.1. The maximum Gasteiger partial charge on any atom is 0.335 e. The molecule has 3 aromatic rings. The molecule has 2 aromatic carbocycles. The van der Waals surface area contributed by atoms with Gasteiger partial charge in [0.25, 0.3) is 0 Å². The molecular formula is C26H30N4O2. The number of piperidine rings is 1. The second-order valence-corrected chi connectivity index (χ2v) is 8.83. The molecule has 6 heteroatoms. The monoisotopic (exact) mass is 430 g/mol. The highest BCUT2D eigenvalue weighted by atomic mass is 16.4. The summed E-state index contributed by atoms with van der Waals surface area (Å²) in [4.78, 5) is 13.9. The maximum atomic E-state index is 11.3. The summed E-state index contributed by atoms with van der Waals surface area (Å²) in [6.45, 7) is 2.96. The zero-order valence-electron chi connectivity index (χ0n) is 18.3. The van der Waals surface area contributed by atoms with E-state index in [2.05, 4.69) is 40.5 Å². The van der Waals surface area contributed by atoms with E-state index in [0.29, 0.717) is 11.6 Å². The molecule has 0 bridgehead atoms. The van der Waals surface area contributed by atoms with Crippen LogP contribution in [0.25, 0.3) is 5.69 Å². The Kier molecular flexibility index (Phi) is 5.95. The van der Waals surface area contributed by atoms with E-state index in [9.17, 15) is 9.90 Å². The van der Waals surface area contributed by atoms with Gasteiger partial charge in [0.1, 0.15) is 5.82 Å². The Hall–Kier alpha value is -3.12. The molecule has 2 aliphatic rings. The van der Waals surface area contributed by atoms with Crippen LogP contribution in [0.4, 0.5) is 5.82 Å². The minimum Gasteiger partial charge on any atom is -0.478 e. The molecule has 2 aliphatic heterocycles. The average molecular weight is 431 g/mol. The number of anilines is 1. The van der Waals surface area contributed by atoms with Crippen LogP contribution in [0.3, 0.4) is 0 Å². The predicted octanol–water partition coefficient (Wildman–Crippen LogP) is 5.05. The lowest BCUT2D eigenvalue weighted by Crippen LogP contribution is -2.33. The molecule has 1 atom stereocenters. The largest absolute Gasteiger partial charge is 0.478 e. The van der Waals surface area contributed by atoms with Crippen LogP contribution in [0.2, 0.25) is 0 Å². The first-order valence-corrected chi connectivity index (χ1v) is 11.7. The van der Waals surface area contributed by atoms with Crippen LogP contribution in [0, 0.1) is 0 Å². The van der Waals surface area contributed by atoms with E-state index in [1.165, 1.54) is 29.7 Å². The highest BCUT2D eigenvalue weighted by Crippen LogP contribution is 2.38. The van der Waals surface area contributed by atoms with Crippen LogP contribution in [-0.4, -0.2) is 38.8 Å². The van der Waals surface area contributed by atoms with Crippen molar-refractivity contribution in [3.05, 3.63) is 77.0 Å². The Morgan fingerprint density at radius 2 is 1.84 bits per heavy atom. The van der Waals surface area contributed by atoms with Gasteiger partial charge in [-0.15, -0.1) is 0 Å². The van der Waals surface area contributed by atoms with Crippen molar-refractivity contribution in [1.82, 2.24) is 14.7 Å². The minimum absolute atomic E-state index is 0.293. The molecule has 0 aliphatic carbocycles. The van der Waals surface area contributed by atoms with Gasteiger partial charge in [0.05, 0.1) is 23.0 Å². The number of carboxylic acids is 1. The fourth-order valence-corrected chi connectivity index (χ4v) is 5.04. The van der Waals surface area contributed by atoms with Crippen molar-refractivity contribution in [1.29, 1.82) is 0 Å². The van der Waals surface area contributed by atoms with Crippen molar-refractivity contribution >= 4 is 11.8 Å². The smallest absolute Gasteiger partial charge is 0.335 e. The average Bonchev–Trinajstić information content (AvgIpc) is 3.00. The highest BCUT2D eigenvalue weighted by Gasteiger charge is 2.31. The topological polar surface area (TPSA) is 70.4 Å². The SMILES string of the molecule is O=C(O)c1ccc(-n2nc(C3CCCCN3Cc3ccccc3)c3c2NCCCC3)cc1. The zero-order valence-corrected chi connectivity index (χ0v) is 18.3. The van der Waals surface area contributed by atoms with Gasteiger partial charge in [-0.1, -0.05) is 36.8 Å². The molecule has 0 saturated carbocycles. The second kappa shape index (κ2) is 9.17. The third kappa shape index (κ3) is 4.15. The van der Waals surface area contributed by atoms with E-state index in [1.54, 1.807) is 12.1 Å². The van der Waals surface area contributed by atoms with Crippen LogP contribution in [0.1, 0.15) is 65.3 Å². The number of fused-ring (bicyclic) bond motifs is 1. The predicted molar refractivity (Wildman–Crippen MR) is 125 cm³/mol. The van der Waals surface area contributed by atoms with Crippen molar-refractivity contribution in [2.75, 3.05) is 18.4 Å². The maximum absolute atomic E-state index is 11.3. The lowest BCUT2D eigenvalue weighted by molar-refractivity contribution is 0.0697. The Morgan fingerprint density at radius 1 is 1.03 bits per heavy atom. The van der Waals surface area contributed by atoms with Crippen LogP contribution in [-0.2, 0) is 13.0 Å². The highest BCUT2D eigenvalue weighted by molar-refractivity contribution is 5.87. The molecule has 6 nitrogen and oxygen atoms in total. The van der Waals surface area contributed by atoms with E-state index in [4.69, 9.17) is 5.10 Å². The first-order chi connectivity index (χ1) is 15.7. The van der Waals surface area contributed by atoms with Gasteiger partial charge in [-0.25, -0.2) is 9.48 Å². The van der Waals surface area contributed by atoms with Crippen LogP contribution in [0.5, 0.6) is 0 Å². The molecule has 0 radical (unpaired) electrons. The molecule has 32 heavy (non-hydrogen) atoms. The van der Waals surface area contributed by atoms with Gasteiger partial charge in [0.2, 0.25) is 0 Å². The van der Waals surface area contributed by atoms with E-state index in [1.807, 2.05) is 16.8 Å². The molecular weight excluding hydrogens is 400 g/mol. The molecule has 1 aromatic heterocycles. The van der Waals surface area contributed by atoms with E-state index < -0.39 is 5.97 Å². The number of hydrogen-bond acceptors (Lipinski definition) is 4. The van der Waals surface area contributed by atoms with Gasteiger partial charge in [0, 0.05) is 18.7 Å². The summed E-state index contributed by atoms with van der Waals surface area (Å²) in [6, 6.07) is 18.0. The molecule has 0 amide bonds. The van der Waals surface area contributed by atoms with E-state index >= 15 is 0 Å². The van der Waals surface area contributed by atoms with Crippen molar-refractivity contribution < 1.29 is 9.90 Å². The van der Waals surface area contributed by atoms with Crippen LogP contribution < -0.4 is 5.32 Å². The number of rotatable bonds is 5. The molecule has 1 saturated heterocycles. The number of hydrogen-bond donors (Lipinski definition) is 2. The van der Waals surface area contributed by atoms with Crippen molar-refractivity contribution in [3.63, 3.8) is 0 Å².